The Bertz CT molecular complexity index is 857. The first-order valence-electron chi connectivity index (χ1n) is 12.0. The third-order valence-corrected chi connectivity index (χ3v) is 7.59. The van der Waals surface area contributed by atoms with E-state index in [4.69, 9.17) is 9.47 Å². The van der Waals surface area contributed by atoms with Gasteiger partial charge >= 0.3 is 6.09 Å². The van der Waals surface area contributed by atoms with Crippen LogP contribution < -0.4 is 5.32 Å². The Balaban J connectivity index is 1.72. The van der Waals surface area contributed by atoms with E-state index in [1.807, 2.05) is 59.1 Å². The summed E-state index contributed by atoms with van der Waals surface area (Å²) in [6.07, 6.45) is 3.66. The minimum Gasteiger partial charge on any atom is -0.444 e. The van der Waals surface area contributed by atoms with Crippen LogP contribution in [0.4, 0.5) is 4.79 Å². The molecule has 2 aliphatic heterocycles. The zero-order valence-corrected chi connectivity index (χ0v) is 22.0. The van der Waals surface area contributed by atoms with Crippen molar-refractivity contribution in [2.24, 2.45) is 5.92 Å². The molecule has 5 atom stereocenters. The molecule has 2 aliphatic rings. The lowest BCUT2D eigenvalue weighted by Crippen LogP contribution is -2.54. The van der Waals surface area contributed by atoms with Gasteiger partial charge in [-0.1, -0.05) is 37.3 Å². The van der Waals surface area contributed by atoms with Crippen molar-refractivity contribution in [2.75, 3.05) is 20.7 Å². The molecule has 3 rings (SSSR count). The van der Waals surface area contributed by atoms with Crippen LogP contribution in [0.3, 0.4) is 0 Å². The van der Waals surface area contributed by atoms with Gasteiger partial charge in [-0.25, -0.2) is 4.79 Å². The highest BCUT2D eigenvalue weighted by Gasteiger charge is 2.42. The van der Waals surface area contributed by atoms with Crippen molar-refractivity contribution in [1.82, 2.24) is 15.1 Å². The number of benzene rings is 1. The van der Waals surface area contributed by atoms with Gasteiger partial charge in [0.1, 0.15) is 5.60 Å². The predicted octanol–water partition coefficient (Wildman–Crippen LogP) is 4.24. The van der Waals surface area contributed by atoms with Crippen LogP contribution in [0.2, 0.25) is 0 Å². The molecule has 2 amide bonds. The number of carbonyl (C=O) groups is 2. The molecule has 0 radical (unpaired) electrons. The molecule has 0 saturated carbocycles. The number of rotatable bonds is 8. The Morgan fingerprint density at radius 2 is 1.94 bits per heavy atom. The van der Waals surface area contributed by atoms with Crippen LogP contribution in [-0.2, 0) is 20.7 Å². The van der Waals surface area contributed by atoms with Crippen LogP contribution in [0.15, 0.2) is 41.9 Å². The zero-order valence-electron chi connectivity index (χ0n) is 21.2. The molecule has 5 unspecified atom stereocenters. The molecule has 0 bridgehead atoms. The molecule has 2 heterocycles. The Hall–Kier alpha value is -2.19. The molecule has 1 aromatic rings. The fourth-order valence-corrected chi connectivity index (χ4v) is 5.74. The van der Waals surface area contributed by atoms with Gasteiger partial charge in [0, 0.05) is 26.9 Å². The van der Waals surface area contributed by atoms with E-state index in [2.05, 4.69) is 27.8 Å². The molecule has 34 heavy (non-hydrogen) atoms. The van der Waals surface area contributed by atoms with Gasteiger partial charge in [-0.2, -0.15) is 0 Å². The lowest BCUT2D eigenvalue weighted by atomic mass is 9.94. The molecule has 0 aliphatic carbocycles. The van der Waals surface area contributed by atoms with Gasteiger partial charge in [0.15, 0.2) is 0 Å². The number of methoxy groups -OCH3 is 1. The standard InChI is InChI=1S/C26H39N3O4S/c1-18(22(32-6)21-13-10-14-29(21)25(31)33-26(2,3)4)23(30)27-20(24-28(5)15-16-34-24)17-19-11-8-7-9-12-19/h7-9,11-12,15-16,18,20-22,24H,10,13-14,17H2,1-6H3,(H,27,30). The van der Waals surface area contributed by atoms with Gasteiger partial charge in [0.05, 0.1) is 29.5 Å². The summed E-state index contributed by atoms with van der Waals surface area (Å²) in [5.41, 5.74) is 0.607. The lowest BCUT2D eigenvalue weighted by molar-refractivity contribution is -0.131. The van der Waals surface area contributed by atoms with E-state index in [1.165, 1.54) is 5.56 Å². The van der Waals surface area contributed by atoms with Gasteiger partial charge in [0.25, 0.3) is 0 Å². The summed E-state index contributed by atoms with van der Waals surface area (Å²) in [6.45, 7) is 8.08. The van der Waals surface area contributed by atoms with Gasteiger partial charge in [0.2, 0.25) is 5.91 Å². The van der Waals surface area contributed by atoms with Crippen molar-refractivity contribution >= 4 is 23.8 Å². The van der Waals surface area contributed by atoms with E-state index in [9.17, 15) is 9.59 Å². The highest BCUT2D eigenvalue weighted by atomic mass is 32.2. The van der Waals surface area contributed by atoms with Crippen molar-refractivity contribution in [1.29, 1.82) is 0 Å². The smallest absolute Gasteiger partial charge is 0.410 e. The van der Waals surface area contributed by atoms with E-state index in [0.717, 1.165) is 19.3 Å². The third-order valence-electron chi connectivity index (χ3n) is 6.37. The molecule has 1 N–H and O–H groups in total. The number of nitrogens with zero attached hydrogens (tertiary/aromatic N) is 2. The second kappa shape index (κ2) is 11.5. The average molecular weight is 490 g/mol. The Morgan fingerprint density at radius 1 is 1.24 bits per heavy atom. The van der Waals surface area contributed by atoms with Gasteiger partial charge in [-0.15, -0.1) is 11.8 Å². The van der Waals surface area contributed by atoms with Gasteiger partial charge in [-0.3, -0.25) is 4.79 Å². The average Bonchev–Trinajstić information content (AvgIpc) is 3.42. The molecule has 1 saturated heterocycles. The molecule has 188 valence electrons. The van der Waals surface area contributed by atoms with Crippen LogP contribution in [0.1, 0.15) is 46.1 Å². The van der Waals surface area contributed by atoms with Crippen LogP contribution in [0, 0.1) is 5.92 Å². The fraction of sp³-hybridized carbons (Fsp3) is 0.615. The number of thioether (sulfide) groups is 1. The Labute approximate surface area is 208 Å². The SMILES string of the molecule is COC(C(C)C(=O)NC(Cc1ccccc1)C1SC=CN1C)C1CCCN1C(=O)OC(C)(C)C. The summed E-state index contributed by atoms with van der Waals surface area (Å²) in [6, 6.07) is 9.94. The summed E-state index contributed by atoms with van der Waals surface area (Å²) < 4.78 is 11.4. The highest BCUT2D eigenvalue weighted by molar-refractivity contribution is 8.02. The van der Waals surface area contributed by atoms with Crippen molar-refractivity contribution in [3.8, 4) is 0 Å². The molecule has 7 nitrogen and oxygen atoms in total. The predicted molar refractivity (Wildman–Crippen MR) is 136 cm³/mol. The lowest BCUT2D eigenvalue weighted by Gasteiger charge is -2.36. The van der Waals surface area contributed by atoms with Crippen LogP contribution >= 0.6 is 11.8 Å². The summed E-state index contributed by atoms with van der Waals surface area (Å²) in [5.74, 6) is -0.495. The number of likely N-dealkylation sites (tertiary alicyclic amines) is 1. The molecule has 1 fully saturated rings. The molecular formula is C26H39N3O4S. The Kier molecular flexibility index (Phi) is 8.93. The number of hydrogen-bond acceptors (Lipinski definition) is 6. The van der Waals surface area contributed by atoms with Crippen LogP contribution in [-0.4, -0.2) is 71.7 Å². The minimum atomic E-state index is -0.570. The van der Waals surface area contributed by atoms with Crippen LogP contribution in [0.5, 0.6) is 0 Å². The quantitative estimate of drug-likeness (QED) is 0.589. The maximum atomic E-state index is 13.5. The van der Waals surface area contributed by atoms with E-state index in [1.54, 1.807) is 23.8 Å². The van der Waals surface area contributed by atoms with Crippen molar-refractivity contribution < 1.29 is 19.1 Å². The topological polar surface area (TPSA) is 71.1 Å². The minimum absolute atomic E-state index is 0.0651. The molecule has 8 heteroatoms. The summed E-state index contributed by atoms with van der Waals surface area (Å²) in [5, 5.41) is 5.48. The van der Waals surface area contributed by atoms with Crippen LogP contribution in [0.25, 0.3) is 0 Å². The maximum absolute atomic E-state index is 13.5. The molecular weight excluding hydrogens is 450 g/mol. The van der Waals surface area contributed by atoms with Crippen molar-refractivity contribution in [2.45, 2.75) is 76.1 Å². The maximum Gasteiger partial charge on any atom is 0.410 e. The third kappa shape index (κ3) is 6.69. The molecule has 0 aromatic heterocycles. The highest BCUT2D eigenvalue weighted by Crippen LogP contribution is 2.30. The van der Waals surface area contributed by atoms with Gasteiger partial charge in [-0.05, 0) is 51.0 Å². The normalized spacial score (nSPS) is 23.0. The summed E-state index contributed by atoms with van der Waals surface area (Å²) in [7, 11) is 3.65. The largest absolute Gasteiger partial charge is 0.444 e. The Morgan fingerprint density at radius 3 is 2.53 bits per heavy atom. The number of nitrogens with one attached hydrogen (secondary N) is 1. The van der Waals surface area contributed by atoms with E-state index in [-0.39, 0.29) is 29.5 Å². The van der Waals surface area contributed by atoms with Crippen molar-refractivity contribution in [3.05, 3.63) is 47.5 Å². The number of likely N-dealkylation sites (N-methyl/N-ethyl adjacent to an activating group) is 1. The zero-order chi connectivity index (χ0) is 24.9. The van der Waals surface area contributed by atoms with E-state index >= 15 is 0 Å². The number of ether oxygens (including phenoxy) is 2. The monoisotopic (exact) mass is 489 g/mol. The van der Waals surface area contributed by atoms with Crippen molar-refractivity contribution in [3.63, 3.8) is 0 Å². The second-order valence-electron chi connectivity index (χ2n) is 10.2. The number of hydrogen-bond donors (Lipinski definition) is 1. The van der Waals surface area contributed by atoms with E-state index in [0.29, 0.717) is 6.54 Å². The number of amides is 2. The first-order valence-corrected chi connectivity index (χ1v) is 13.0. The fourth-order valence-electron chi connectivity index (χ4n) is 4.70. The first-order chi connectivity index (χ1) is 16.1. The second-order valence-corrected chi connectivity index (χ2v) is 11.2. The molecule has 0 spiro atoms. The number of carbonyl (C=O) groups excluding carboxylic acids is 2. The summed E-state index contributed by atoms with van der Waals surface area (Å²) >= 11 is 1.71. The first kappa shape index (κ1) is 26.4. The molecule has 1 aromatic carbocycles. The van der Waals surface area contributed by atoms with Gasteiger partial charge < -0.3 is 24.6 Å². The summed E-state index contributed by atoms with van der Waals surface area (Å²) in [4.78, 5) is 30.2. The van der Waals surface area contributed by atoms with E-state index < -0.39 is 17.6 Å².